The molecule has 0 saturated heterocycles. The van der Waals surface area contributed by atoms with Crippen molar-refractivity contribution in [3.05, 3.63) is 39.9 Å². The van der Waals surface area contributed by atoms with Gasteiger partial charge in [-0.3, -0.25) is 4.79 Å². The van der Waals surface area contributed by atoms with Crippen molar-refractivity contribution in [1.29, 1.82) is 0 Å². The molecule has 0 saturated carbocycles. The van der Waals surface area contributed by atoms with Crippen LogP contribution in [0.4, 0.5) is 0 Å². The monoisotopic (exact) mass is 266 g/mol. The van der Waals surface area contributed by atoms with E-state index in [-0.39, 0.29) is 11.6 Å². The van der Waals surface area contributed by atoms with Crippen LogP contribution < -0.4 is 5.32 Å². The van der Waals surface area contributed by atoms with Gasteiger partial charge in [0, 0.05) is 17.5 Å². The maximum absolute atomic E-state index is 11.6. The van der Waals surface area contributed by atoms with Crippen LogP contribution >= 0.6 is 11.3 Å². The number of amides is 1. The molecule has 18 heavy (non-hydrogen) atoms. The third-order valence-corrected chi connectivity index (χ3v) is 3.41. The van der Waals surface area contributed by atoms with Crippen LogP contribution in [-0.2, 0) is 0 Å². The van der Waals surface area contributed by atoms with Gasteiger partial charge in [0.25, 0.3) is 5.91 Å². The second-order valence-corrected chi connectivity index (χ2v) is 4.88. The number of carbonyl (C=O) groups excluding carboxylic acids is 1. The first kappa shape index (κ1) is 12.8. The zero-order chi connectivity index (χ0) is 13.0. The van der Waals surface area contributed by atoms with E-state index in [1.165, 1.54) is 11.3 Å². The van der Waals surface area contributed by atoms with Crippen LogP contribution in [0.3, 0.4) is 0 Å². The zero-order valence-electron chi connectivity index (χ0n) is 9.92. The van der Waals surface area contributed by atoms with Crippen molar-refractivity contribution in [3.63, 3.8) is 0 Å². The van der Waals surface area contributed by atoms with Crippen LogP contribution in [0.1, 0.15) is 33.7 Å². The van der Waals surface area contributed by atoms with Gasteiger partial charge >= 0.3 is 0 Å². The normalized spacial score (nSPS) is 12.3. The van der Waals surface area contributed by atoms with Gasteiger partial charge in [0.15, 0.2) is 5.69 Å². The molecule has 0 fully saturated rings. The largest absolute Gasteiger partial charge is 0.388 e. The average Bonchev–Trinajstić information content (AvgIpc) is 2.99. The molecular formula is C12H14N2O3S. The number of aliphatic hydroxyl groups excluding tert-OH is 1. The first-order chi connectivity index (χ1) is 8.66. The Hall–Kier alpha value is -1.66. The van der Waals surface area contributed by atoms with E-state index in [1.807, 2.05) is 17.5 Å². The molecule has 2 aromatic rings. The molecule has 0 unspecified atom stereocenters. The predicted octanol–water partition coefficient (Wildman–Crippen LogP) is 1.90. The minimum Gasteiger partial charge on any atom is -0.388 e. The van der Waals surface area contributed by atoms with Crippen LogP contribution in [0, 0.1) is 6.92 Å². The number of nitrogens with zero attached hydrogens (tertiary/aromatic N) is 1. The molecule has 2 N–H and O–H groups in total. The Balaban J connectivity index is 1.77. The van der Waals surface area contributed by atoms with E-state index in [0.29, 0.717) is 18.7 Å². The second-order valence-electron chi connectivity index (χ2n) is 3.90. The molecule has 0 aliphatic rings. The lowest BCUT2D eigenvalue weighted by Crippen LogP contribution is -2.25. The summed E-state index contributed by atoms with van der Waals surface area (Å²) in [5.41, 5.74) is 0.262. The molecule has 0 radical (unpaired) electrons. The topological polar surface area (TPSA) is 75.4 Å². The molecule has 1 amide bonds. The number of hydrogen-bond donors (Lipinski definition) is 2. The summed E-state index contributed by atoms with van der Waals surface area (Å²) in [6.45, 7) is 2.12. The number of aryl methyl sites for hydroxylation is 1. The number of nitrogens with one attached hydrogen (secondary N) is 1. The van der Waals surface area contributed by atoms with Crippen LogP contribution in [0.15, 0.2) is 28.1 Å². The summed E-state index contributed by atoms with van der Waals surface area (Å²) in [6.07, 6.45) is -0.0624. The molecule has 0 bridgehead atoms. The van der Waals surface area contributed by atoms with E-state index in [2.05, 4.69) is 10.5 Å². The molecule has 2 aromatic heterocycles. The third kappa shape index (κ3) is 3.18. The number of rotatable bonds is 5. The fourth-order valence-corrected chi connectivity index (χ4v) is 2.26. The number of thiophene rings is 1. The number of aromatic nitrogens is 1. The van der Waals surface area contributed by atoms with Crippen molar-refractivity contribution in [2.75, 3.05) is 6.54 Å². The van der Waals surface area contributed by atoms with Crippen LogP contribution in [0.2, 0.25) is 0 Å². The maximum Gasteiger partial charge on any atom is 0.273 e. The SMILES string of the molecule is Cc1cc(C(=O)NCC[C@H](O)c2cccs2)no1. The van der Waals surface area contributed by atoms with E-state index in [4.69, 9.17) is 4.52 Å². The quantitative estimate of drug-likeness (QED) is 0.866. The fourth-order valence-electron chi connectivity index (χ4n) is 1.51. The molecule has 5 nitrogen and oxygen atoms in total. The lowest BCUT2D eigenvalue weighted by Gasteiger charge is -2.08. The van der Waals surface area contributed by atoms with Crippen molar-refractivity contribution in [1.82, 2.24) is 10.5 Å². The minimum atomic E-state index is -0.538. The van der Waals surface area contributed by atoms with Crippen molar-refractivity contribution < 1.29 is 14.4 Å². The highest BCUT2D eigenvalue weighted by molar-refractivity contribution is 7.10. The first-order valence-electron chi connectivity index (χ1n) is 5.60. The molecule has 1 atom stereocenters. The Morgan fingerprint density at radius 3 is 3.11 bits per heavy atom. The lowest BCUT2D eigenvalue weighted by atomic mass is 10.2. The van der Waals surface area contributed by atoms with E-state index in [1.54, 1.807) is 13.0 Å². The van der Waals surface area contributed by atoms with Crippen molar-refractivity contribution in [2.45, 2.75) is 19.4 Å². The summed E-state index contributed by atoms with van der Waals surface area (Å²) < 4.78 is 4.81. The van der Waals surface area contributed by atoms with Gasteiger partial charge in [0.1, 0.15) is 5.76 Å². The number of aliphatic hydroxyl groups is 1. The summed E-state index contributed by atoms with van der Waals surface area (Å²) in [4.78, 5) is 12.5. The Morgan fingerprint density at radius 1 is 1.67 bits per heavy atom. The molecule has 0 aliphatic carbocycles. The average molecular weight is 266 g/mol. The summed E-state index contributed by atoms with van der Waals surface area (Å²) in [6, 6.07) is 5.34. The van der Waals surface area contributed by atoms with Crippen LogP contribution in [0.25, 0.3) is 0 Å². The molecule has 0 spiro atoms. The Labute approximate surface area is 108 Å². The van der Waals surface area contributed by atoms with E-state index >= 15 is 0 Å². The molecular weight excluding hydrogens is 252 g/mol. The summed E-state index contributed by atoms with van der Waals surface area (Å²) >= 11 is 1.50. The second kappa shape index (κ2) is 5.79. The van der Waals surface area contributed by atoms with Gasteiger partial charge in [-0.15, -0.1) is 11.3 Å². The molecule has 2 rings (SSSR count). The summed E-state index contributed by atoms with van der Waals surface area (Å²) in [5.74, 6) is 0.309. The third-order valence-electron chi connectivity index (χ3n) is 2.44. The first-order valence-corrected chi connectivity index (χ1v) is 6.48. The zero-order valence-corrected chi connectivity index (χ0v) is 10.7. The van der Waals surface area contributed by atoms with Crippen molar-refractivity contribution in [2.24, 2.45) is 0 Å². The van der Waals surface area contributed by atoms with Gasteiger partial charge in [-0.25, -0.2) is 0 Å². The minimum absolute atomic E-state index is 0.262. The van der Waals surface area contributed by atoms with Gasteiger partial charge in [0.05, 0.1) is 6.10 Å². The highest BCUT2D eigenvalue weighted by Crippen LogP contribution is 2.20. The Bertz CT molecular complexity index is 507. The predicted molar refractivity (Wildman–Crippen MR) is 67.5 cm³/mol. The van der Waals surface area contributed by atoms with E-state index in [9.17, 15) is 9.90 Å². The highest BCUT2D eigenvalue weighted by atomic mass is 32.1. The number of hydrogen-bond acceptors (Lipinski definition) is 5. The summed E-state index contributed by atoms with van der Waals surface area (Å²) in [7, 11) is 0. The number of carbonyl (C=O) groups is 1. The maximum atomic E-state index is 11.6. The van der Waals surface area contributed by atoms with Gasteiger partial charge in [-0.05, 0) is 24.8 Å². The Morgan fingerprint density at radius 2 is 2.50 bits per heavy atom. The smallest absolute Gasteiger partial charge is 0.273 e. The molecule has 0 aliphatic heterocycles. The Kier molecular flexibility index (Phi) is 4.11. The fraction of sp³-hybridized carbons (Fsp3) is 0.333. The van der Waals surface area contributed by atoms with Gasteiger partial charge in [-0.2, -0.15) is 0 Å². The highest BCUT2D eigenvalue weighted by Gasteiger charge is 2.12. The molecule has 2 heterocycles. The summed E-state index contributed by atoms with van der Waals surface area (Å²) in [5, 5.41) is 18.0. The lowest BCUT2D eigenvalue weighted by molar-refractivity contribution is 0.0934. The van der Waals surface area contributed by atoms with Crippen LogP contribution in [-0.4, -0.2) is 22.7 Å². The van der Waals surface area contributed by atoms with Gasteiger partial charge in [-0.1, -0.05) is 11.2 Å². The van der Waals surface area contributed by atoms with E-state index in [0.717, 1.165) is 4.88 Å². The van der Waals surface area contributed by atoms with Crippen molar-refractivity contribution in [3.8, 4) is 0 Å². The van der Waals surface area contributed by atoms with Gasteiger partial charge in [0.2, 0.25) is 0 Å². The molecule has 6 heteroatoms. The molecule has 0 aromatic carbocycles. The molecule has 96 valence electrons. The van der Waals surface area contributed by atoms with Crippen molar-refractivity contribution >= 4 is 17.2 Å². The standard InChI is InChI=1S/C12H14N2O3S/c1-8-7-9(14-17-8)12(16)13-5-4-10(15)11-3-2-6-18-11/h2-3,6-7,10,15H,4-5H2,1H3,(H,13,16)/t10-/m0/s1. The van der Waals surface area contributed by atoms with Gasteiger partial charge < -0.3 is 14.9 Å². The van der Waals surface area contributed by atoms with Crippen LogP contribution in [0.5, 0.6) is 0 Å². The van der Waals surface area contributed by atoms with E-state index < -0.39 is 6.10 Å².